The van der Waals surface area contributed by atoms with E-state index in [1.54, 1.807) is 24.3 Å². The molecule has 2 aromatic rings. The third-order valence-electron chi connectivity index (χ3n) is 3.09. The number of hydrogen-bond donors (Lipinski definition) is 2. The standard InChI is InChI=1S/C17H17NO4/c1-11-3-7-14(8-4-11)18-16(19)13-5-9-15(10-6-13)22-12(2)17(20)21/h3-10,12H,1-2H3,(H,18,19)(H,20,21)/t12-/m1/s1. The highest BCUT2D eigenvalue weighted by Crippen LogP contribution is 2.16. The van der Waals surface area contributed by atoms with Gasteiger partial charge in [0.05, 0.1) is 0 Å². The molecule has 0 aromatic heterocycles. The summed E-state index contributed by atoms with van der Waals surface area (Å²) in [6.07, 6.45) is -0.938. The number of carboxylic acid groups (broad SMARTS) is 1. The molecule has 0 saturated heterocycles. The van der Waals surface area contributed by atoms with Gasteiger partial charge in [-0.3, -0.25) is 4.79 Å². The summed E-state index contributed by atoms with van der Waals surface area (Å²) in [7, 11) is 0. The number of nitrogens with one attached hydrogen (secondary N) is 1. The van der Waals surface area contributed by atoms with Crippen LogP contribution in [0.25, 0.3) is 0 Å². The highest BCUT2D eigenvalue weighted by Gasteiger charge is 2.13. The summed E-state index contributed by atoms with van der Waals surface area (Å²) in [5, 5.41) is 11.6. The van der Waals surface area contributed by atoms with Gasteiger partial charge >= 0.3 is 5.97 Å². The predicted octanol–water partition coefficient (Wildman–Crippen LogP) is 3.10. The van der Waals surface area contributed by atoms with Gasteiger partial charge in [-0.2, -0.15) is 0 Å². The van der Waals surface area contributed by atoms with Crippen LogP contribution in [0.1, 0.15) is 22.8 Å². The van der Waals surface area contributed by atoms with Crippen LogP contribution < -0.4 is 10.1 Å². The van der Waals surface area contributed by atoms with Crippen molar-refractivity contribution in [1.82, 2.24) is 0 Å². The minimum atomic E-state index is -1.04. The van der Waals surface area contributed by atoms with Crippen LogP contribution in [-0.2, 0) is 4.79 Å². The number of rotatable bonds is 5. The fourth-order valence-electron chi connectivity index (χ4n) is 1.78. The molecular weight excluding hydrogens is 282 g/mol. The van der Waals surface area contributed by atoms with Crippen LogP contribution in [-0.4, -0.2) is 23.1 Å². The van der Waals surface area contributed by atoms with Crippen LogP contribution in [0.3, 0.4) is 0 Å². The topological polar surface area (TPSA) is 75.6 Å². The number of ether oxygens (including phenoxy) is 1. The zero-order valence-corrected chi connectivity index (χ0v) is 12.4. The fourth-order valence-corrected chi connectivity index (χ4v) is 1.78. The first kappa shape index (κ1) is 15.6. The molecule has 0 bridgehead atoms. The summed E-state index contributed by atoms with van der Waals surface area (Å²) in [5.41, 5.74) is 2.30. The van der Waals surface area contributed by atoms with Crippen molar-refractivity contribution in [3.63, 3.8) is 0 Å². The third kappa shape index (κ3) is 4.09. The molecule has 5 nitrogen and oxygen atoms in total. The molecule has 0 unspecified atom stereocenters. The molecule has 22 heavy (non-hydrogen) atoms. The van der Waals surface area contributed by atoms with Gasteiger partial charge in [0.25, 0.3) is 5.91 Å². The van der Waals surface area contributed by atoms with E-state index in [0.717, 1.165) is 11.3 Å². The van der Waals surface area contributed by atoms with Crippen molar-refractivity contribution in [2.24, 2.45) is 0 Å². The predicted molar refractivity (Wildman–Crippen MR) is 83.3 cm³/mol. The maximum absolute atomic E-state index is 12.1. The van der Waals surface area contributed by atoms with Gasteiger partial charge < -0.3 is 15.2 Å². The lowest BCUT2D eigenvalue weighted by Crippen LogP contribution is -2.22. The Hall–Kier alpha value is -2.82. The van der Waals surface area contributed by atoms with Crippen molar-refractivity contribution in [1.29, 1.82) is 0 Å². The number of anilines is 1. The van der Waals surface area contributed by atoms with Gasteiger partial charge in [0.2, 0.25) is 0 Å². The van der Waals surface area contributed by atoms with Crippen LogP contribution in [0.15, 0.2) is 48.5 Å². The van der Waals surface area contributed by atoms with Gasteiger partial charge in [-0.25, -0.2) is 4.79 Å². The molecule has 0 radical (unpaired) electrons. The molecule has 2 N–H and O–H groups in total. The molecule has 1 atom stereocenters. The first-order valence-corrected chi connectivity index (χ1v) is 6.83. The maximum atomic E-state index is 12.1. The van der Waals surface area contributed by atoms with Crippen molar-refractivity contribution in [3.05, 3.63) is 59.7 Å². The summed E-state index contributed by atoms with van der Waals surface area (Å²) in [6.45, 7) is 3.42. The molecule has 0 aliphatic carbocycles. The van der Waals surface area contributed by atoms with Crippen molar-refractivity contribution in [2.75, 3.05) is 5.32 Å². The monoisotopic (exact) mass is 299 g/mol. The van der Waals surface area contributed by atoms with E-state index in [9.17, 15) is 9.59 Å². The van der Waals surface area contributed by atoms with Crippen molar-refractivity contribution >= 4 is 17.6 Å². The minimum absolute atomic E-state index is 0.235. The van der Waals surface area contributed by atoms with Crippen molar-refractivity contribution in [2.45, 2.75) is 20.0 Å². The van der Waals surface area contributed by atoms with E-state index in [0.29, 0.717) is 11.3 Å². The molecule has 0 aliphatic heterocycles. The molecule has 1 amide bonds. The Morgan fingerprint density at radius 2 is 1.64 bits per heavy atom. The number of carboxylic acids is 1. The summed E-state index contributed by atoms with van der Waals surface area (Å²) >= 11 is 0. The van der Waals surface area contributed by atoms with Gasteiger partial charge in [0, 0.05) is 11.3 Å². The summed E-state index contributed by atoms with van der Waals surface area (Å²) < 4.78 is 5.21. The lowest BCUT2D eigenvalue weighted by Gasteiger charge is -2.11. The molecule has 0 heterocycles. The largest absolute Gasteiger partial charge is 0.479 e. The second kappa shape index (κ2) is 6.76. The zero-order chi connectivity index (χ0) is 16.1. The van der Waals surface area contributed by atoms with E-state index >= 15 is 0 Å². The minimum Gasteiger partial charge on any atom is -0.479 e. The first-order chi connectivity index (χ1) is 10.5. The molecule has 0 spiro atoms. The van der Waals surface area contributed by atoms with Crippen LogP contribution in [0.4, 0.5) is 5.69 Å². The van der Waals surface area contributed by atoms with Crippen LogP contribution >= 0.6 is 0 Å². The van der Waals surface area contributed by atoms with E-state index in [2.05, 4.69) is 5.32 Å². The summed E-state index contributed by atoms with van der Waals surface area (Å²) in [6, 6.07) is 13.8. The average molecular weight is 299 g/mol. The van der Waals surface area contributed by atoms with E-state index in [1.807, 2.05) is 31.2 Å². The van der Waals surface area contributed by atoms with Crippen LogP contribution in [0.2, 0.25) is 0 Å². The van der Waals surface area contributed by atoms with Crippen LogP contribution in [0, 0.1) is 6.92 Å². The molecule has 2 aromatic carbocycles. The third-order valence-corrected chi connectivity index (χ3v) is 3.09. The number of carbonyl (C=O) groups is 2. The molecule has 5 heteroatoms. The normalized spacial score (nSPS) is 11.5. The van der Waals surface area contributed by atoms with Crippen LogP contribution in [0.5, 0.6) is 5.75 Å². The van der Waals surface area contributed by atoms with Gasteiger partial charge in [-0.1, -0.05) is 17.7 Å². The fraction of sp³-hybridized carbons (Fsp3) is 0.176. The Morgan fingerprint density at radius 1 is 1.05 bits per heavy atom. The number of benzene rings is 2. The van der Waals surface area contributed by atoms with Crippen molar-refractivity contribution in [3.8, 4) is 5.75 Å². The Bertz CT molecular complexity index is 662. The quantitative estimate of drug-likeness (QED) is 0.889. The summed E-state index contributed by atoms with van der Waals surface area (Å²) in [4.78, 5) is 22.8. The second-order valence-corrected chi connectivity index (χ2v) is 4.94. The average Bonchev–Trinajstić information content (AvgIpc) is 2.50. The number of hydrogen-bond acceptors (Lipinski definition) is 3. The maximum Gasteiger partial charge on any atom is 0.344 e. The highest BCUT2D eigenvalue weighted by molar-refractivity contribution is 6.04. The zero-order valence-electron chi connectivity index (χ0n) is 12.4. The highest BCUT2D eigenvalue weighted by atomic mass is 16.5. The number of aliphatic carboxylic acids is 1. The number of amides is 1. The van der Waals surface area contributed by atoms with E-state index in [-0.39, 0.29) is 5.91 Å². The Morgan fingerprint density at radius 3 is 2.18 bits per heavy atom. The SMILES string of the molecule is Cc1ccc(NC(=O)c2ccc(O[C@H](C)C(=O)O)cc2)cc1. The van der Waals surface area contributed by atoms with E-state index in [1.165, 1.54) is 6.92 Å². The van der Waals surface area contributed by atoms with E-state index < -0.39 is 12.1 Å². The van der Waals surface area contributed by atoms with Gasteiger partial charge in [0.1, 0.15) is 5.75 Å². The lowest BCUT2D eigenvalue weighted by molar-refractivity contribution is -0.144. The Balaban J connectivity index is 2.01. The number of carbonyl (C=O) groups excluding carboxylic acids is 1. The van der Waals surface area contributed by atoms with Crippen molar-refractivity contribution < 1.29 is 19.4 Å². The smallest absolute Gasteiger partial charge is 0.344 e. The molecule has 0 saturated carbocycles. The molecule has 114 valence electrons. The number of aryl methyl sites for hydroxylation is 1. The van der Waals surface area contributed by atoms with E-state index in [4.69, 9.17) is 9.84 Å². The molecular formula is C17H17NO4. The Labute approximate surface area is 128 Å². The summed E-state index contributed by atoms with van der Waals surface area (Å²) in [5.74, 6) is -0.871. The van der Waals surface area contributed by atoms with Gasteiger partial charge in [0.15, 0.2) is 6.10 Å². The lowest BCUT2D eigenvalue weighted by atomic mass is 10.2. The first-order valence-electron chi connectivity index (χ1n) is 6.83. The van der Waals surface area contributed by atoms with Gasteiger partial charge in [-0.15, -0.1) is 0 Å². The molecule has 0 aliphatic rings. The second-order valence-electron chi connectivity index (χ2n) is 4.94. The molecule has 0 fully saturated rings. The Kier molecular flexibility index (Phi) is 4.78. The molecule has 2 rings (SSSR count). The van der Waals surface area contributed by atoms with Gasteiger partial charge in [-0.05, 0) is 50.2 Å².